The lowest BCUT2D eigenvalue weighted by Crippen LogP contribution is -2.35. The summed E-state index contributed by atoms with van der Waals surface area (Å²) in [6.45, 7) is 1.72. The molecule has 2 rings (SSSR count). The maximum Gasteiger partial charge on any atom is 0.417 e. The van der Waals surface area contributed by atoms with Crippen LogP contribution in [0.4, 0.5) is 18.9 Å². The lowest BCUT2D eigenvalue weighted by atomic mass is 10.0. The molecule has 0 atom stereocenters. The molecular formula is C13H14F3N3. The largest absolute Gasteiger partial charge is 0.417 e. The van der Waals surface area contributed by atoms with Gasteiger partial charge in [0.15, 0.2) is 0 Å². The van der Waals surface area contributed by atoms with E-state index in [-0.39, 0.29) is 11.6 Å². The number of nitrogens with zero attached hydrogens (tertiary/aromatic N) is 1. The summed E-state index contributed by atoms with van der Waals surface area (Å²) in [5.41, 5.74) is -0.810. The number of nitriles is 1. The molecule has 1 aliphatic rings. The van der Waals surface area contributed by atoms with Crippen LogP contribution >= 0.6 is 0 Å². The van der Waals surface area contributed by atoms with Gasteiger partial charge in [-0.3, -0.25) is 0 Å². The highest BCUT2D eigenvalue weighted by Gasteiger charge is 2.34. The van der Waals surface area contributed by atoms with Gasteiger partial charge in [0, 0.05) is 11.7 Å². The molecule has 6 heteroatoms. The van der Waals surface area contributed by atoms with Crippen molar-refractivity contribution < 1.29 is 13.2 Å². The van der Waals surface area contributed by atoms with Crippen LogP contribution in [0.2, 0.25) is 0 Å². The zero-order valence-corrected chi connectivity index (χ0v) is 10.2. The third kappa shape index (κ3) is 3.38. The van der Waals surface area contributed by atoms with E-state index in [0.717, 1.165) is 32.0 Å². The van der Waals surface area contributed by atoms with Crippen molar-refractivity contribution in [2.75, 3.05) is 18.4 Å². The molecule has 0 unspecified atom stereocenters. The first-order chi connectivity index (χ1) is 9.00. The minimum absolute atomic E-state index is 0.176. The van der Waals surface area contributed by atoms with Gasteiger partial charge in [-0.2, -0.15) is 18.4 Å². The van der Waals surface area contributed by atoms with E-state index in [9.17, 15) is 13.2 Å². The Bertz CT molecular complexity index is 485. The molecule has 0 aromatic heterocycles. The smallest absolute Gasteiger partial charge is 0.382 e. The number of alkyl halides is 3. The first kappa shape index (κ1) is 13.7. The molecule has 1 saturated heterocycles. The molecule has 2 N–H and O–H groups in total. The number of hydrogen-bond donors (Lipinski definition) is 2. The number of nitrogens with one attached hydrogen (secondary N) is 2. The zero-order chi connectivity index (χ0) is 13.9. The van der Waals surface area contributed by atoms with Gasteiger partial charge in [0.25, 0.3) is 0 Å². The van der Waals surface area contributed by atoms with Gasteiger partial charge in [-0.1, -0.05) is 0 Å². The van der Waals surface area contributed by atoms with Gasteiger partial charge in [0.05, 0.1) is 17.2 Å². The van der Waals surface area contributed by atoms with Crippen LogP contribution in [0.25, 0.3) is 0 Å². The third-order valence-corrected chi connectivity index (χ3v) is 3.16. The monoisotopic (exact) mass is 269 g/mol. The maximum absolute atomic E-state index is 12.8. The van der Waals surface area contributed by atoms with E-state index in [1.54, 1.807) is 6.07 Å². The van der Waals surface area contributed by atoms with Crippen LogP contribution in [0.15, 0.2) is 18.2 Å². The highest BCUT2D eigenvalue weighted by Crippen LogP contribution is 2.33. The Kier molecular flexibility index (Phi) is 3.96. The molecule has 1 aromatic rings. The Balaban J connectivity index is 2.20. The summed E-state index contributed by atoms with van der Waals surface area (Å²) in [6, 6.07) is 5.50. The van der Waals surface area contributed by atoms with E-state index in [1.807, 2.05) is 0 Å². The SMILES string of the molecule is N#Cc1ccc(NC2CCNCC2)cc1C(F)(F)F. The van der Waals surface area contributed by atoms with Crippen molar-refractivity contribution in [1.82, 2.24) is 5.32 Å². The van der Waals surface area contributed by atoms with E-state index >= 15 is 0 Å². The molecule has 102 valence electrons. The number of rotatable bonds is 2. The summed E-state index contributed by atoms with van der Waals surface area (Å²) >= 11 is 0. The fourth-order valence-electron chi connectivity index (χ4n) is 2.17. The average molecular weight is 269 g/mol. The molecule has 1 aromatic carbocycles. The van der Waals surface area contributed by atoms with Crippen molar-refractivity contribution in [2.24, 2.45) is 0 Å². The number of hydrogen-bond acceptors (Lipinski definition) is 3. The molecule has 0 saturated carbocycles. The Morgan fingerprint density at radius 3 is 2.53 bits per heavy atom. The highest BCUT2D eigenvalue weighted by atomic mass is 19.4. The Morgan fingerprint density at radius 1 is 1.26 bits per heavy atom. The molecular weight excluding hydrogens is 255 g/mol. The molecule has 19 heavy (non-hydrogen) atoms. The van der Waals surface area contributed by atoms with E-state index in [4.69, 9.17) is 5.26 Å². The predicted molar refractivity (Wildman–Crippen MR) is 65.7 cm³/mol. The molecule has 1 fully saturated rings. The molecule has 1 heterocycles. The Labute approximate surface area is 109 Å². The van der Waals surface area contributed by atoms with Gasteiger partial charge in [0.2, 0.25) is 0 Å². The molecule has 3 nitrogen and oxygen atoms in total. The molecule has 0 radical (unpaired) electrons. The lowest BCUT2D eigenvalue weighted by Gasteiger charge is -2.25. The molecule has 1 aliphatic heterocycles. The van der Waals surface area contributed by atoms with Gasteiger partial charge in [-0.25, -0.2) is 0 Å². The summed E-state index contributed by atoms with van der Waals surface area (Å²) < 4.78 is 38.4. The number of anilines is 1. The summed E-state index contributed by atoms with van der Waals surface area (Å²) in [4.78, 5) is 0. The highest BCUT2D eigenvalue weighted by molar-refractivity contribution is 5.53. The van der Waals surface area contributed by atoms with Crippen LogP contribution < -0.4 is 10.6 Å². The van der Waals surface area contributed by atoms with Crippen LogP contribution in [-0.4, -0.2) is 19.1 Å². The van der Waals surface area contributed by atoms with Crippen molar-refractivity contribution in [2.45, 2.75) is 25.1 Å². The molecule has 0 aliphatic carbocycles. The van der Waals surface area contributed by atoms with Crippen molar-refractivity contribution in [3.8, 4) is 6.07 Å². The first-order valence-electron chi connectivity index (χ1n) is 6.09. The predicted octanol–water partition coefficient (Wildman–Crippen LogP) is 2.74. The molecule has 0 bridgehead atoms. The van der Waals surface area contributed by atoms with Crippen LogP contribution in [-0.2, 0) is 6.18 Å². The van der Waals surface area contributed by atoms with Crippen molar-refractivity contribution >= 4 is 5.69 Å². The summed E-state index contributed by atoms with van der Waals surface area (Å²) in [5.74, 6) is 0. The fourth-order valence-corrected chi connectivity index (χ4v) is 2.17. The topological polar surface area (TPSA) is 47.9 Å². The quantitative estimate of drug-likeness (QED) is 0.868. The summed E-state index contributed by atoms with van der Waals surface area (Å²) in [5, 5.41) is 15.0. The van der Waals surface area contributed by atoms with Gasteiger partial charge in [-0.05, 0) is 44.1 Å². The number of benzene rings is 1. The normalized spacial score (nSPS) is 16.9. The van der Waals surface area contributed by atoms with Gasteiger partial charge < -0.3 is 10.6 Å². The minimum atomic E-state index is -4.50. The van der Waals surface area contributed by atoms with Crippen molar-refractivity contribution in [3.63, 3.8) is 0 Å². The first-order valence-corrected chi connectivity index (χ1v) is 6.09. The van der Waals surface area contributed by atoms with E-state index < -0.39 is 11.7 Å². The second-order valence-corrected chi connectivity index (χ2v) is 4.54. The van der Waals surface area contributed by atoms with Crippen molar-refractivity contribution in [1.29, 1.82) is 5.26 Å². The van der Waals surface area contributed by atoms with E-state index in [0.29, 0.717) is 5.69 Å². The van der Waals surface area contributed by atoms with Gasteiger partial charge in [-0.15, -0.1) is 0 Å². The number of piperidine rings is 1. The Hall–Kier alpha value is -1.74. The van der Waals surface area contributed by atoms with Crippen molar-refractivity contribution in [3.05, 3.63) is 29.3 Å². The molecule has 0 amide bonds. The fraction of sp³-hybridized carbons (Fsp3) is 0.462. The van der Waals surface area contributed by atoms with Crippen LogP contribution in [0.1, 0.15) is 24.0 Å². The van der Waals surface area contributed by atoms with Crippen LogP contribution in [0.3, 0.4) is 0 Å². The standard InChI is InChI=1S/C13H14F3N3/c14-13(15,16)12-7-11(2-1-9(12)8-17)19-10-3-5-18-6-4-10/h1-2,7,10,18-19H,3-6H2. The van der Waals surface area contributed by atoms with Gasteiger partial charge >= 0.3 is 6.18 Å². The minimum Gasteiger partial charge on any atom is -0.382 e. The second kappa shape index (κ2) is 5.49. The Morgan fingerprint density at radius 2 is 1.95 bits per heavy atom. The average Bonchev–Trinajstić information content (AvgIpc) is 2.39. The van der Waals surface area contributed by atoms with Gasteiger partial charge in [0.1, 0.15) is 0 Å². The maximum atomic E-state index is 12.8. The summed E-state index contributed by atoms with van der Waals surface area (Å²) in [6.07, 6.45) is -2.75. The zero-order valence-electron chi connectivity index (χ0n) is 10.2. The second-order valence-electron chi connectivity index (χ2n) is 4.54. The van der Waals surface area contributed by atoms with E-state index in [2.05, 4.69) is 10.6 Å². The van der Waals surface area contributed by atoms with Crippen LogP contribution in [0, 0.1) is 11.3 Å². The summed E-state index contributed by atoms with van der Waals surface area (Å²) in [7, 11) is 0. The molecule has 0 spiro atoms. The number of halogens is 3. The van der Waals surface area contributed by atoms with E-state index in [1.165, 1.54) is 12.1 Å². The lowest BCUT2D eigenvalue weighted by molar-refractivity contribution is -0.137. The van der Waals surface area contributed by atoms with Crippen LogP contribution in [0.5, 0.6) is 0 Å². The third-order valence-electron chi connectivity index (χ3n) is 3.16.